The van der Waals surface area contributed by atoms with Crippen LogP contribution in [0.15, 0.2) is 53.6 Å². The molecule has 0 unspecified atom stereocenters. The van der Waals surface area contributed by atoms with Crippen LogP contribution >= 0.6 is 0 Å². The van der Waals surface area contributed by atoms with Gasteiger partial charge in [-0.2, -0.15) is 10.4 Å². The molecule has 0 aliphatic heterocycles. The van der Waals surface area contributed by atoms with Gasteiger partial charge in [0.2, 0.25) is 0 Å². The maximum Gasteiger partial charge on any atom is 0.259 e. The van der Waals surface area contributed by atoms with Gasteiger partial charge in [-0.15, -0.1) is 0 Å². The minimum atomic E-state index is -0.266. The summed E-state index contributed by atoms with van der Waals surface area (Å²) in [6, 6.07) is 16.2. The lowest BCUT2D eigenvalue weighted by molar-refractivity contribution is -0.119. The van der Waals surface area contributed by atoms with E-state index in [1.807, 2.05) is 24.3 Å². The van der Waals surface area contributed by atoms with E-state index in [0.717, 1.165) is 11.3 Å². The van der Waals surface area contributed by atoms with E-state index in [-0.39, 0.29) is 12.5 Å². The van der Waals surface area contributed by atoms with Crippen molar-refractivity contribution in [1.29, 1.82) is 5.26 Å². The molecule has 2 aromatic rings. The van der Waals surface area contributed by atoms with Gasteiger partial charge in [-0.05, 0) is 29.8 Å². The topological polar surface area (TPSA) is 86.5 Å². The number of anilines is 1. The first-order chi connectivity index (χ1) is 11.2. The van der Waals surface area contributed by atoms with Gasteiger partial charge >= 0.3 is 0 Å². The maximum atomic E-state index is 11.7. The first-order valence-electron chi connectivity index (χ1n) is 6.91. The summed E-state index contributed by atoms with van der Waals surface area (Å²) in [5.41, 5.74) is 4.59. The van der Waals surface area contributed by atoms with Crippen LogP contribution in [0.25, 0.3) is 0 Å². The van der Waals surface area contributed by atoms with Crippen LogP contribution in [0.1, 0.15) is 11.1 Å². The van der Waals surface area contributed by atoms with Gasteiger partial charge in [0, 0.05) is 11.8 Å². The van der Waals surface area contributed by atoms with E-state index in [1.165, 1.54) is 6.21 Å². The number of benzene rings is 2. The van der Waals surface area contributed by atoms with Gasteiger partial charge in [-0.1, -0.05) is 18.2 Å². The van der Waals surface area contributed by atoms with Gasteiger partial charge in [-0.3, -0.25) is 4.79 Å². The number of carbonyl (C=O) groups excluding carboxylic acids is 1. The minimum absolute atomic E-state index is 0.0951. The molecule has 0 aliphatic rings. The summed E-state index contributed by atoms with van der Waals surface area (Å²) in [7, 11) is 1.59. The fraction of sp³-hybridized carbons (Fsp3) is 0.118. The zero-order chi connectivity index (χ0) is 16.5. The number of hydrogen-bond acceptors (Lipinski definition) is 5. The smallest absolute Gasteiger partial charge is 0.259 e. The molecular weight excluding hydrogens is 292 g/mol. The Balaban J connectivity index is 1.80. The molecule has 23 heavy (non-hydrogen) atoms. The molecule has 0 radical (unpaired) electrons. The summed E-state index contributed by atoms with van der Waals surface area (Å²) in [6.45, 7) is 0.0951. The number of methoxy groups -OCH3 is 1. The van der Waals surface area contributed by atoms with E-state index in [9.17, 15) is 4.79 Å². The SMILES string of the molecule is COc1cccc(NCC(=O)N/N=C\c2ccc(C#N)cc2)c1. The molecule has 116 valence electrons. The van der Waals surface area contributed by atoms with E-state index in [0.29, 0.717) is 11.3 Å². The van der Waals surface area contributed by atoms with Gasteiger partial charge in [0.1, 0.15) is 5.75 Å². The van der Waals surface area contributed by atoms with E-state index >= 15 is 0 Å². The molecule has 1 amide bonds. The Morgan fingerprint density at radius 2 is 2.09 bits per heavy atom. The number of nitrogens with one attached hydrogen (secondary N) is 2. The summed E-state index contributed by atoms with van der Waals surface area (Å²) in [5.74, 6) is 0.451. The van der Waals surface area contributed by atoms with Gasteiger partial charge in [-0.25, -0.2) is 5.43 Å². The highest BCUT2D eigenvalue weighted by molar-refractivity contribution is 5.84. The molecule has 0 saturated carbocycles. The van der Waals surface area contributed by atoms with Gasteiger partial charge in [0.05, 0.1) is 31.5 Å². The highest BCUT2D eigenvalue weighted by atomic mass is 16.5. The molecule has 6 heteroatoms. The van der Waals surface area contributed by atoms with Crippen LogP contribution < -0.4 is 15.5 Å². The van der Waals surface area contributed by atoms with Crippen molar-refractivity contribution < 1.29 is 9.53 Å². The number of carbonyl (C=O) groups is 1. The van der Waals surface area contributed by atoms with Crippen molar-refractivity contribution in [2.24, 2.45) is 5.10 Å². The van der Waals surface area contributed by atoms with Crippen LogP contribution in [0.2, 0.25) is 0 Å². The van der Waals surface area contributed by atoms with Crippen LogP contribution in [0.3, 0.4) is 0 Å². The lowest BCUT2D eigenvalue weighted by atomic mass is 10.2. The third-order valence-corrected chi connectivity index (χ3v) is 2.97. The molecular formula is C17H16N4O2. The lowest BCUT2D eigenvalue weighted by Crippen LogP contribution is -2.25. The Bertz CT molecular complexity index is 733. The molecule has 0 fully saturated rings. The van der Waals surface area contributed by atoms with Gasteiger partial charge in [0.15, 0.2) is 0 Å². The van der Waals surface area contributed by atoms with Crippen LogP contribution in [0.5, 0.6) is 5.75 Å². The first kappa shape index (κ1) is 16.0. The zero-order valence-electron chi connectivity index (χ0n) is 12.6. The quantitative estimate of drug-likeness (QED) is 0.632. The second kappa shape index (κ2) is 8.20. The highest BCUT2D eigenvalue weighted by Crippen LogP contribution is 2.16. The highest BCUT2D eigenvalue weighted by Gasteiger charge is 2.00. The normalized spacial score (nSPS) is 10.1. The molecule has 0 heterocycles. The summed E-state index contributed by atoms with van der Waals surface area (Å²) in [4.78, 5) is 11.7. The predicted octanol–water partition coefficient (Wildman–Crippen LogP) is 2.13. The van der Waals surface area contributed by atoms with Crippen LogP contribution in [0, 0.1) is 11.3 Å². The zero-order valence-corrected chi connectivity index (χ0v) is 12.6. The van der Waals surface area contributed by atoms with Gasteiger partial charge in [0.25, 0.3) is 5.91 Å². The Morgan fingerprint density at radius 3 is 2.78 bits per heavy atom. The molecule has 0 bridgehead atoms. The van der Waals surface area contributed by atoms with Crippen molar-refractivity contribution in [1.82, 2.24) is 5.43 Å². The molecule has 2 N–H and O–H groups in total. The van der Waals surface area contributed by atoms with Crippen LogP contribution in [0.4, 0.5) is 5.69 Å². The first-order valence-corrected chi connectivity index (χ1v) is 6.91. The van der Waals surface area contributed by atoms with Crippen molar-refractivity contribution in [2.45, 2.75) is 0 Å². The van der Waals surface area contributed by atoms with E-state index in [2.05, 4.69) is 15.8 Å². The number of hydrogen-bond donors (Lipinski definition) is 2. The van der Waals surface area contributed by atoms with E-state index in [1.54, 1.807) is 37.4 Å². The number of nitrogens with zero attached hydrogens (tertiary/aromatic N) is 2. The second-order valence-corrected chi connectivity index (χ2v) is 4.61. The van der Waals surface area contributed by atoms with Crippen LogP contribution in [-0.4, -0.2) is 25.8 Å². The summed E-state index contributed by atoms with van der Waals surface area (Å²) in [5, 5.41) is 15.6. The largest absolute Gasteiger partial charge is 0.497 e. The van der Waals surface area contributed by atoms with Crippen molar-refractivity contribution in [3.05, 3.63) is 59.7 Å². The molecule has 6 nitrogen and oxygen atoms in total. The number of hydrazone groups is 1. The van der Waals surface area contributed by atoms with Crippen molar-refractivity contribution >= 4 is 17.8 Å². The average Bonchev–Trinajstić information content (AvgIpc) is 2.61. The molecule has 2 aromatic carbocycles. The standard InChI is InChI=1S/C17H16N4O2/c1-23-16-4-2-3-15(9-16)19-12-17(22)21-20-11-14-7-5-13(10-18)6-8-14/h2-9,11,19H,12H2,1H3,(H,21,22)/b20-11-. The third-order valence-electron chi connectivity index (χ3n) is 2.97. The number of ether oxygens (including phenoxy) is 1. The van der Waals surface area contributed by atoms with E-state index < -0.39 is 0 Å². The Morgan fingerprint density at radius 1 is 1.30 bits per heavy atom. The number of rotatable bonds is 6. The molecule has 0 aromatic heterocycles. The molecule has 0 saturated heterocycles. The van der Waals surface area contributed by atoms with Crippen LogP contribution in [-0.2, 0) is 4.79 Å². The lowest BCUT2D eigenvalue weighted by Gasteiger charge is -2.06. The molecule has 0 aliphatic carbocycles. The Labute approximate surface area is 134 Å². The van der Waals surface area contributed by atoms with Crippen molar-refractivity contribution in [3.8, 4) is 11.8 Å². The molecule has 2 rings (SSSR count). The Hall–Kier alpha value is -3.33. The monoisotopic (exact) mass is 308 g/mol. The fourth-order valence-corrected chi connectivity index (χ4v) is 1.78. The van der Waals surface area contributed by atoms with E-state index in [4.69, 9.17) is 10.00 Å². The average molecular weight is 308 g/mol. The Kier molecular flexibility index (Phi) is 5.72. The molecule has 0 spiro atoms. The van der Waals surface area contributed by atoms with Crippen molar-refractivity contribution in [3.63, 3.8) is 0 Å². The minimum Gasteiger partial charge on any atom is -0.497 e. The maximum absolute atomic E-state index is 11.7. The van der Waals surface area contributed by atoms with Crippen molar-refractivity contribution in [2.75, 3.05) is 19.0 Å². The fourth-order valence-electron chi connectivity index (χ4n) is 1.78. The summed E-state index contributed by atoms with van der Waals surface area (Å²) < 4.78 is 5.11. The third kappa shape index (κ3) is 5.17. The summed E-state index contributed by atoms with van der Waals surface area (Å²) in [6.07, 6.45) is 1.52. The number of amides is 1. The summed E-state index contributed by atoms with van der Waals surface area (Å²) >= 11 is 0. The molecule has 0 atom stereocenters. The predicted molar refractivity (Wildman–Crippen MR) is 88.4 cm³/mol. The number of nitriles is 1. The van der Waals surface area contributed by atoms with Gasteiger partial charge < -0.3 is 10.1 Å². The second-order valence-electron chi connectivity index (χ2n) is 4.61.